The van der Waals surface area contributed by atoms with E-state index in [1.54, 1.807) is 36.1 Å². The maximum Gasteiger partial charge on any atom is 0.283 e. The number of hydrazone groups is 1. The molecular formula is C29H28N8O8S2. The minimum atomic E-state index is -4.17. The third kappa shape index (κ3) is 7.04. The molecule has 0 unspecified atom stereocenters. The number of rotatable bonds is 11. The summed E-state index contributed by atoms with van der Waals surface area (Å²) in [4.78, 5) is 28.5. The van der Waals surface area contributed by atoms with Gasteiger partial charge in [-0.1, -0.05) is 12.1 Å². The van der Waals surface area contributed by atoms with Crippen LogP contribution in [0, 0.1) is 20.2 Å². The molecule has 18 heteroatoms. The number of aromatic nitrogens is 2. The van der Waals surface area contributed by atoms with Gasteiger partial charge in [-0.2, -0.15) is 9.41 Å². The Morgan fingerprint density at radius 3 is 2.51 bits per heavy atom. The van der Waals surface area contributed by atoms with Crippen molar-refractivity contribution >= 4 is 45.1 Å². The number of imidazole rings is 1. The number of nitrogens with one attached hydrogen (secondary N) is 1. The minimum Gasteiger partial charge on any atom is -0.454 e. The zero-order valence-electron chi connectivity index (χ0n) is 24.9. The Labute approximate surface area is 273 Å². The van der Waals surface area contributed by atoms with Gasteiger partial charge in [0, 0.05) is 75.9 Å². The monoisotopic (exact) mass is 680 g/mol. The molecule has 6 rings (SSSR count). The summed E-state index contributed by atoms with van der Waals surface area (Å²) in [5, 5.41) is 28.0. The van der Waals surface area contributed by atoms with Gasteiger partial charge < -0.3 is 14.0 Å². The summed E-state index contributed by atoms with van der Waals surface area (Å²) in [7, 11) is -2.39. The number of hydrogen-bond donors (Lipinski definition) is 1. The molecule has 3 heterocycles. The number of ether oxygens (including phenoxy) is 2. The fraction of sp³-hybridized carbons (Fsp3) is 0.241. The van der Waals surface area contributed by atoms with Crippen molar-refractivity contribution in [2.24, 2.45) is 12.1 Å². The Bertz CT molecular complexity index is 1980. The van der Waals surface area contributed by atoms with E-state index in [1.807, 2.05) is 18.2 Å². The van der Waals surface area contributed by atoms with Gasteiger partial charge in [0.1, 0.15) is 4.90 Å². The smallest absolute Gasteiger partial charge is 0.283 e. The van der Waals surface area contributed by atoms with E-state index < -0.39 is 25.6 Å². The lowest BCUT2D eigenvalue weighted by Crippen LogP contribution is -2.48. The van der Waals surface area contributed by atoms with E-state index in [4.69, 9.17) is 9.47 Å². The summed E-state index contributed by atoms with van der Waals surface area (Å²) in [6.45, 7) is 1.99. The van der Waals surface area contributed by atoms with Gasteiger partial charge in [-0.05, 0) is 41.6 Å². The van der Waals surface area contributed by atoms with Gasteiger partial charge in [0.2, 0.25) is 16.8 Å². The predicted molar refractivity (Wildman–Crippen MR) is 171 cm³/mol. The van der Waals surface area contributed by atoms with Gasteiger partial charge in [0.15, 0.2) is 16.7 Å². The molecule has 244 valence electrons. The van der Waals surface area contributed by atoms with Crippen molar-refractivity contribution in [2.45, 2.75) is 21.5 Å². The molecule has 4 aromatic rings. The molecule has 0 aliphatic carbocycles. The van der Waals surface area contributed by atoms with Crippen molar-refractivity contribution < 1.29 is 27.7 Å². The molecule has 1 N–H and O–H groups in total. The van der Waals surface area contributed by atoms with Crippen LogP contribution in [-0.4, -0.2) is 76.2 Å². The third-order valence-corrected chi connectivity index (χ3v) is 10.6. The Kier molecular flexibility index (Phi) is 9.08. The van der Waals surface area contributed by atoms with Gasteiger partial charge in [-0.25, -0.2) is 13.4 Å². The van der Waals surface area contributed by atoms with Crippen molar-refractivity contribution in [3.63, 3.8) is 0 Å². The molecule has 47 heavy (non-hydrogen) atoms. The van der Waals surface area contributed by atoms with Crippen LogP contribution in [0.15, 0.2) is 87.0 Å². The average molecular weight is 681 g/mol. The highest BCUT2D eigenvalue weighted by atomic mass is 32.2. The molecule has 0 amide bonds. The SMILES string of the molecule is Cn1ccnc1Sc1ccc(/C=N\Nc2ccc([N+](=O)[O-])cc2S(=O)(=O)N2CCN(Cc3ccc4c(c3)OCO4)CC2)cc1[N+](=O)[O-]. The zero-order chi connectivity index (χ0) is 33.1. The van der Waals surface area contributed by atoms with Gasteiger partial charge >= 0.3 is 0 Å². The summed E-state index contributed by atoms with van der Waals surface area (Å²) in [6, 6.07) is 13.7. The van der Waals surface area contributed by atoms with Crippen LogP contribution in [-0.2, 0) is 23.6 Å². The van der Waals surface area contributed by atoms with Gasteiger partial charge in [0.05, 0.1) is 26.6 Å². The highest BCUT2D eigenvalue weighted by Crippen LogP contribution is 2.35. The highest BCUT2D eigenvalue weighted by molar-refractivity contribution is 7.99. The first-order valence-corrected chi connectivity index (χ1v) is 16.5. The van der Waals surface area contributed by atoms with Crippen molar-refractivity contribution in [3.05, 3.63) is 98.3 Å². The average Bonchev–Trinajstić information content (AvgIpc) is 3.70. The lowest BCUT2D eigenvalue weighted by Gasteiger charge is -2.34. The molecule has 2 aliphatic rings. The number of nitro benzene ring substituents is 2. The molecule has 1 saturated heterocycles. The summed E-state index contributed by atoms with van der Waals surface area (Å²) in [5.41, 5.74) is 3.51. The molecule has 0 atom stereocenters. The van der Waals surface area contributed by atoms with Crippen molar-refractivity contribution in [1.82, 2.24) is 18.8 Å². The van der Waals surface area contributed by atoms with Crippen LogP contribution >= 0.6 is 11.8 Å². The van der Waals surface area contributed by atoms with Crippen LogP contribution in [0.3, 0.4) is 0 Å². The number of fused-ring (bicyclic) bond motifs is 1. The fourth-order valence-corrected chi connectivity index (χ4v) is 7.54. The van der Waals surface area contributed by atoms with Crippen molar-refractivity contribution in [3.8, 4) is 11.5 Å². The van der Waals surface area contributed by atoms with Crippen LogP contribution in [0.4, 0.5) is 17.1 Å². The molecule has 2 aliphatic heterocycles. The molecule has 0 radical (unpaired) electrons. The first-order chi connectivity index (χ1) is 22.6. The van der Waals surface area contributed by atoms with Crippen LogP contribution in [0.5, 0.6) is 11.5 Å². The van der Waals surface area contributed by atoms with Crippen LogP contribution < -0.4 is 14.9 Å². The third-order valence-electron chi connectivity index (χ3n) is 7.52. The predicted octanol–water partition coefficient (Wildman–Crippen LogP) is 4.07. The Balaban J connectivity index is 1.17. The van der Waals surface area contributed by atoms with Crippen LogP contribution in [0.2, 0.25) is 0 Å². The number of anilines is 1. The lowest BCUT2D eigenvalue weighted by atomic mass is 10.2. The van der Waals surface area contributed by atoms with Crippen LogP contribution in [0.1, 0.15) is 11.1 Å². The lowest BCUT2D eigenvalue weighted by molar-refractivity contribution is -0.387. The second kappa shape index (κ2) is 13.4. The van der Waals surface area contributed by atoms with E-state index in [1.165, 1.54) is 28.7 Å². The Hall–Kier alpha value is -5.04. The second-order valence-corrected chi connectivity index (χ2v) is 13.5. The molecule has 0 spiro atoms. The van der Waals surface area contributed by atoms with Gasteiger partial charge in [-0.15, -0.1) is 0 Å². The molecule has 0 bridgehead atoms. The van der Waals surface area contributed by atoms with Crippen molar-refractivity contribution in [1.29, 1.82) is 0 Å². The second-order valence-electron chi connectivity index (χ2n) is 10.6. The number of nitrogens with zero attached hydrogens (tertiary/aromatic N) is 7. The van der Waals surface area contributed by atoms with Crippen LogP contribution in [0.25, 0.3) is 0 Å². The van der Waals surface area contributed by atoms with Gasteiger partial charge in [0.25, 0.3) is 11.4 Å². The zero-order valence-corrected chi connectivity index (χ0v) is 26.5. The van der Waals surface area contributed by atoms with E-state index in [-0.39, 0.29) is 36.2 Å². The van der Waals surface area contributed by atoms with E-state index in [0.29, 0.717) is 46.7 Å². The van der Waals surface area contributed by atoms with E-state index in [0.717, 1.165) is 23.4 Å². The number of nitro groups is 2. The number of benzene rings is 3. The summed E-state index contributed by atoms with van der Waals surface area (Å²) < 4.78 is 41.4. The highest BCUT2D eigenvalue weighted by Gasteiger charge is 2.32. The van der Waals surface area contributed by atoms with E-state index in [2.05, 4.69) is 20.4 Å². The van der Waals surface area contributed by atoms with Gasteiger partial charge in [-0.3, -0.25) is 30.6 Å². The number of sulfonamides is 1. The van der Waals surface area contributed by atoms with Crippen molar-refractivity contribution in [2.75, 3.05) is 38.4 Å². The summed E-state index contributed by atoms with van der Waals surface area (Å²) >= 11 is 1.14. The van der Waals surface area contributed by atoms with E-state index >= 15 is 0 Å². The maximum absolute atomic E-state index is 13.8. The molecule has 0 saturated carbocycles. The maximum atomic E-state index is 13.8. The summed E-state index contributed by atoms with van der Waals surface area (Å²) in [5.74, 6) is 1.36. The normalized spacial score (nSPS) is 15.3. The Morgan fingerprint density at radius 1 is 1.00 bits per heavy atom. The number of hydrogen-bond acceptors (Lipinski definition) is 13. The van der Waals surface area contributed by atoms with E-state index in [9.17, 15) is 28.6 Å². The number of aryl methyl sites for hydroxylation is 1. The topological polar surface area (TPSA) is 188 Å². The molecular weight excluding hydrogens is 653 g/mol. The molecule has 16 nitrogen and oxygen atoms in total. The fourth-order valence-electron chi connectivity index (χ4n) is 5.06. The summed E-state index contributed by atoms with van der Waals surface area (Å²) in [6.07, 6.45) is 4.63. The number of non-ortho nitro benzene ring substituents is 1. The quantitative estimate of drug-likeness (QED) is 0.136. The first kappa shape index (κ1) is 31.9. The molecule has 1 fully saturated rings. The minimum absolute atomic E-state index is 0.0195. The standard InChI is InChI=1S/C29H28N8O8S2/c1-33-9-8-30-29(33)46-27-7-3-20(14-24(27)37(40)41)17-31-32-23-5-4-22(36(38)39)16-28(23)47(42,43)35-12-10-34(11-13-35)18-21-2-6-25-26(15-21)45-19-44-25/h2-9,14-17,32H,10-13,18-19H2,1H3/b31-17-. The Morgan fingerprint density at radius 2 is 1.79 bits per heavy atom. The molecule has 1 aromatic heterocycles. The number of piperazine rings is 1. The largest absolute Gasteiger partial charge is 0.454 e. The first-order valence-electron chi connectivity index (χ1n) is 14.2. The molecule has 3 aromatic carbocycles.